The number of fused-ring (bicyclic) bond motifs is 1. The van der Waals surface area contributed by atoms with Crippen LogP contribution in [0.15, 0.2) is 36.4 Å². The zero-order chi connectivity index (χ0) is 18.7. The Balaban J connectivity index is 1.85. The monoisotopic (exact) mass is 357 g/mol. The van der Waals surface area contributed by atoms with Crippen LogP contribution in [0.25, 0.3) is 6.08 Å². The van der Waals surface area contributed by atoms with Crippen LogP contribution < -0.4 is 19.1 Å². The summed E-state index contributed by atoms with van der Waals surface area (Å²) in [5, 5.41) is 0. The van der Waals surface area contributed by atoms with Gasteiger partial charge in [-0.15, -0.1) is 0 Å². The van der Waals surface area contributed by atoms with E-state index in [9.17, 15) is 9.18 Å². The van der Waals surface area contributed by atoms with Gasteiger partial charge in [0, 0.05) is 12.6 Å². The number of hydrogen-bond donors (Lipinski definition) is 0. The Morgan fingerprint density at radius 2 is 1.77 bits per heavy atom. The highest BCUT2D eigenvalue weighted by Gasteiger charge is 2.23. The standard InChI is InChI=1S/C20H20FNO4/c1-24-17-10-13(11-18(25-2)20(17)26-3)4-7-19(23)22-9-8-14-5-6-15(21)12-16(14)22/h4-7,10-12H,8-9H2,1-3H3/b7-4+. The molecule has 0 saturated heterocycles. The van der Waals surface area contributed by atoms with E-state index < -0.39 is 0 Å². The summed E-state index contributed by atoms with van der Waals surface area (Å²) in [6.07, 6.45) is 3.85. The van der Waals surface area contributed by atoms with E-state index in [1.165, 1.54) is 39.5 Å². The second-order valence-electron chi connectivity index (χ2n) is 5.80. The minimum atomic E-state index is -0.350. The molecule has 0 fully saturated rings. The van der Waals surface area contributed by atoms with Crippen LogP contribution in [0.5, 0.6) is 17.2 Å². The normalized spacial score (nSPS) is 13.0. The van der Waals surface area contributed by atoms with Gasteiger partial charge in [0.1, 0.15) is 5.82 Å². The third-order valence-electron chi connectivity index (χ3n) is 4.31. The summed E-state index contributed by atoms with van der Waals surface area (Å²) in [7, 11) is 4.60. The summed E-state index contributed by atoms with van der Waals surface area (Å²) in [6, 6.07) is 8.04. The van der Waals surface area contributed by atoms with E-state index in [2.05, 4.69) is 0 Å². The van der Waals surface area contributed by atoms with Crippen molar-refractivity contribution in [3.63, 3.8) is 0 Å². The van der Waals surface area contributed by atoms with Crippen molar-refractivity contribution in [2.24, 2.45) is 0 Å². The summed E-state index contributed by atoms with van der Waals surface area (Å²) in [5.41, 5.74) is 2.33. The molecule has 2 aromatic rings. The van der Waals surface area contributed by atoms with Gasteiger partial charge in [0.15, 0.2) is 11.5 Å². The number of nitrogens with zero attached hydrogens (tertiary/aromatic N) is 1. The largest absolute Gasteiger partial charge is 0.493 e. The highest BCUT2D eigenvalue weighted by Crippen LogP contribution is 2.38. The Labute approximate surface area is 151 Å². The summed E-state index contributed by atoms with van der Waals surface area (Å²) in [6.45, 7) is 0.539. The zero-order valence-electron chi connectivity index (χ0n) is 14.9. The molecule has 0 bridgehead atoms. The van der Waals surface area contributed by atoms with Crippen LogP contribution in [0.2, 0.25) is 0 Å². The average Bonchev–Trinajstić information content (AvgIpc) is 3.08. The molecule has 5 nitrogen and oxygen atoms in total. The molecule has 1 amide bonds. The van der Waals surface area contributed by atoms with Gasteiger partial charge in [-0.1, -0.05) is 6.07 Å². The number of carbonyl (C=O) groups is 1. The molecule has 0 aromatic heterocycles. The lowest BCUT2D eigenvalue weighted by Crippen LogP contribution is -2.26. The second-order valence-corrected chi connectivity index (χ2v) is 5.80. The first-order valence-corrected chi connectivity index (χ1v) is 8.15. The van der Waals surface area contributed by atoms with E-state index in [1.807, 2.05) is 0 Å². The van der Waals surface area contributed by atoms with E-state index in [1.54, 1.807) is 29.2 Å². The predicted octanol–water partition coefficient (Wildman–Crippen LogP) is 3.45. The number of benzene rings is 2. The highest BCUT2D eigenvalue weighted by molar-refractivity contribution is 6.05. The fourth-order valence-electron chi connectivity index (χ4n) is 3.04. The molecule has 0 unspecified atom stereocenters. The van der Waals surface area contributed by atoms with Crippen molar-refractivity contribution in [1.82, 2.24) is 0 Å². The zero-order valence-corrected chi connectivity index (χ0v) is 14.9. The molecule has 3 rings (SSSR count). The van der Waals surface area contributed by atoms with Crippen LogP contribution in [0.1, 0.15) is 11.1 Å². The number of halogens is 1. The number of carbonyl (C=O) groups excluding carboxylic acids is 1. The molecule has 0 atom stereocenters. The summed E-state index contributed by atoms with van der Waals surface area (Å²) in [4.78, 5) is 14.1. The van der Waals surface area contributed by atoms with Gasteiger partial charge in [-0.25, -0.2) is 4.39 Å². The lowest BCUT2D eigenvalue weighted by atomic mass is 10.1. The van der Waals surface area contributed by atoms with Gasteiger partial charge >= 0.3 is 0 Å². The first kappa shape index (κ1) is 17.8. The molecule has 136 valence electrons. The summed E-state index contributed by atoms with van der Waals surface area (Å²) in [5.74, 6) is 0.947. The van der Waals surface area contributed by atoms with E-state index >= 15 is 0 Å². The molecular weight excluding hydrogens is 337 g/mol. The van der Waals surface area contributed by atoms with Crippen LogP contribution in [0.4, 0.5) is 10.1 Å². The number of amides is 1. The Bertz CT molecular complexity index is 838. The minimum Gasteiger partial charge on any atom is -0.493 e. The third kappa shape index (κ3) is 3.35. The fourth-order valence-corrected chi connectivity index (χ4v) is 3.04. The van der Waals surface area contributed by atoms with E-state index in [-0.39, 0.29) is 11.7 Å². The van der Waals surface area contributed by atoms with Crippen LogP contribution >= 0.6 is 0 Å². The van der Waals surface area contributed by atoms with Gasteiger partial charge in [-0.3, -0.25) is 4.79 Å². The maximum Gasteiger partial charge on any atom is 0.251 e. The molecule has 1 aliphatic heterocycles. The summed E-state index contributed by atoms with van der Waals surface area (Å²) < 4.78 is 29.4. The second kappa shape index (κ2) is 7.47. The van der Waals surface area contributed by atoms with Gasteiger partial charge in [0.05, 0.1) is 27.0 Å². The van der Waals surface area contributed by atoms with Crippen LogP contribution in [-0.2, 0) is 11.2 Å². The van der Waals surface area contributed by atoms with Gasteiger partial charge < -0.3 is 19.1 Å². The molecule has 0 spiro atoms. The molecule has 0 saturated carbocycles. The third-order valence-corrected chi connectivity index (χ3v) is 4.31. The number of ether oxygens (including phenoxy) is 3. The Hall–Kier alpha value is -3.02. The lowest BCUT2D eigenvalue weighted by molar-refractivity contribution is -0.114. The van der Waals surface area contributed by atoms with Crippen molar-refractivity contribution in [3.8, 4) is 17.2 Å². The molecule has 26 heavy (non-hydrogen) atoms. The van der Waals surface area contributed by atoms with Gasteiger partial charge in [0.2, 0.25) is 5.75 Å². The SMILES string of the molecule is COc1cc(/C=C/C(=O)N2CCc3ccc(F)cc32)cc(OC)c1OC. The van der Waals surface area contributed by atoms with Crippen molar-refractivity contribution in [3.05, 3.63) is 53.4 Å². The number of methoxy groups -OCH3 is 3. The Morgan fingerprint density at radius 1 is 1.08 bits per heavy atom. The molecule has 1 aliphatic rings. The van der Waals surface area contributed by atoms with Gasteiger partial charge in [0.25, 0.3) is 5.91 Å². The summed E-state index contributed by atoms with van der Waals surface area (Å²) >= 11 is 0. The number of rotatable bonds is 5. The van der Waals surface area contributed by atoms with Gasteiger partial charge in [-0.2, -0.15) is 0 Å². The molecule has 6 heteroatoms. The highest BCUT2D eigenvalue weighted by atomic mass is 19.1. The molecular formula is C20H20FNO4. The van der Waals surface area contributed by atoms with Crippen LogP contribution in [-0.4, -0.2) is 33.8 Å². The molecule has 0 aliphatic carbocycles. The Morgan fingerprint density at radius 3 is 2.38 bits per heavy atom. The van der Waals surface area contributed by atoms with Gasteiger partial charge in [-0.05, 0) is 47.9 Å². The van der Waals surface area contributed by atoms with E-state index in [4.69, 9.17) is 14.2 Å². The number of anilines is 1. The molecule has 2 aromatic carbocycles. The first-order valence-electron chi connectivity index (χ1n) is 8.15. The first-order chi connectivity index (χ1) is 12.6. The average molecular weight is 357 g/mol. The lowest BCUT2D eigenvalue weighted by Gasteiger charge is -2.15. The number of hydrogen-bond acceptors (Lipinski definition) is 4. The van der Waals surface area contributed by atoms with E-state index in [0.717, 1.165) is 17.5 Å². The molecule has 0 N–H and O–H groups in total. The molecule has 1 heterocycles. The van der Waals surface area contributed by atoms with Crippen molar-refractivity contribution >= 4 is 17.7 Å². The smallest absolute Gasteiger partial charge is 0.251 e. The Kier molecular flexibility index (Phi) is 5.11. The van der Waals surface area contributed by atoms with Crippen molar-refractivity contribution < 1.29 is 23.4 Å². The quantitative estimate of drug-likeness (QED) is 0.769. The maximum atomic E-state index is 13.5. The topological polar surface area (TPSA) is 48.0 Å². The van der Waals surface area contributed by atoms with Crippen LogP contribution in [0.3, 0.4) is 0 Å². The van der Waals surface area contributed by atoms with Crippen LogP contribution in [0, 0.1) is 5.82 Å². The minimum absolute atomic E-state index is 0.205. The predicted molar refractivity (Wildman–Crippen MR) is 97.6 cm³/mol. The maximum absolute atomic E-state index is 13.5. The van der Waals surface area contributed by atoms with Crippen molar-refractivity contribution in [1.29, 1.82) is 0 Å². The van der Waals surface area contributed by atoms with E-state index in [0.29, 0.717) is 29.5 Å². The molecule has 0 radical (unpaired) electrons. The van der Waals surface area contributed by atoms with Crippen molar-refractivity contribution in [2.75, 3.05) is 32.8 Å². The fraction of sp³-hybridized carbons (Fsp3) is 0.250. The van der Waals surface area contributed by atoms with Crippen molar-refractivity contribution in [2.45, 2.75) is 6.42 Å².